The van der Waals surface area contributed by atoms with Crippen LogP contribution in [0.3, 0.4) is 0 Å². The van der Waals surface area contributed by atoms with Gasteiger partial charge in [-0.25, -0.2) is 0 Å². The summed E-state index contributed by atoms with van der Waals surface area (Å²) in [5.74, 6) is -0.728. The van der Waals surface area contributed by atoms with Crippen molar-refractivity contribution in [1.82, 2.24) is 0 Å². The van der Waals surface area contributed by atoms with Crippen LogP contribution < -0.4 is 0 Å². The first-order chi connectivity index (χ1) is 10.0. The molecule has 1 heterocycles. The van der Waals surface area contributed by atoms with Gasteiger partial charge >= 0.3 is 5.97 Å². The van der Waals surface area contributed by atoms with Crippen molar-refractivity contribution >= 4 is 5.97 Å². The molecule has 21 heavy (non-hydrogen) atoms. The minimum atomic E-state index is -0.771. The van der Waals surface area contributed by atoms with Crippen LogP contribution in [0.25, 0.3) is 0 Å². The zero-order chi connectivity index (χ0) is 15.7. The van der Waals surface area contributed by atoms with Crippen molar-refractivity contribution in [2.75, 3.05) is 6.61 Å². The molecule has 124 valence electrons. The van der Waals surface area contributed by atoms with Gasteiger partial charge in [-0.05, 0) is 19.8 Å². The lowest BCUT2D eigenvalue weighted by molar-refractivity contribution is -0.261. The van der Waals surface area contributed by atoms with E-state index in [2.05, 4.69) is 0 Å². The van der Waals surface area contributed by atoms with Gasteiger partial charge in [-0.3, -0.25) is 4.79 Å². The number of carboxylic acid groups (broad SMARTS) is 1. The van der Waals surface area contributed by atoms with Crippen LogP contribution in [0.1, 0.15) is 58.3 Å². The maximum Gasteiger partial charge on any atom is 0.303 e. The third-order valence-electron chi connectivity index (χ3n) is 3.75. The summed E-state index contributed by atoms with van der Waals surface area (Å²) in [6.07, 6.45) is 3.90. The van der Waals surface area contributed by atoms with Gasteiger partial charge in [-0.15, -0.1) is 0 Å². The van der Waals surface area contributed by atoms with E-state index in [9.17, 15) is 15.0 Å². The Morgan fingerprint density at radius 3 is 2.38 bits per heavy atom. The molecule has 0 aliphatic carbocycles. The predicted molar refractivity (Wildman–Crippen MR) is 76.9 cm³/mol. The van der Waals surface area contributed by atoms with Crippen molar-refractivity contribution in [2.24, 2.45) is 0 Å². The molecule has 0 saturated carbocycles. The van der Waals surface area contributed by atoms with Crippen molar-refractivity contribution in [3.05, 3.63) is 0 Å². The van der Waals surface area contributed by atoms with Crippen LogP contribution in [0.5, 0.6) is 0 Å². The Bertz CT molecular complexity index is 296. The SMILES string of the molecule is CC1OC(OCCCCCCCCC(=O)O)[C@@H](O)C[C@H]1O. The van der Waals surface area contributed by atoms with E-state index in [1.165, 1.54) is 0 Å². The van der Waals surface area contributed by atoms with Gasteiger partial charge in [0.15, 0.2) is 6.29 Å². The molecule has 0 radical (unpaired) electrons. The predicted octanol–water partition coefficient (Wildman–Crippen LogP) is 1.68. The summed E-state index contributed by atoms with van der Waals surface area (Å²) in [5.41, 5.74) is 0. The van der Waals surface area contributed by atoms with Crippen LogP contribution in [-0.2, 0) is 14.3 Å². The molecule has 1 aliphatic rings. The molecule has 0 aromatic rings. The van der Waals surface area contributed by atoms with Crippen LogP contribution in [0, 0.1) is 0 Å². The molecule has 1 aliphatic heterocycles. The number of carboxylic acids is 1. The molecule has 0 spiro atoms. The largest absolute Gasteiger partial charge is 0.481 e. The number of aliphatic hydroxyl groups excluding tert-OH is 2. The number of rotatable bonds is 10. The van der Waals surface area contributed by atoms with Crippen LogP contribution >= 0.6 is 0 Å². The number of carbonyl (C=O) groups is 1. The maximum atomic E-state index is 10.3. The van der Waals surface area contributed by atoms with E-state index in [1.807, 2.05) is 0 Å². The van der Waals surface area contributed by atoms with Crippen molar-refractivity contribution in [3.63, 3.8) is 0 Å². The highest BCUT2D eigenvalue weighted by Gasteiger charge is 2.34. The molecule has 0 bridgehead atoms. The lowest BCUT2D eigenvalue weighted by Gasteiger charge is -2.35. The van der Waals surface area contributed by atoms with E-state index in [4.69, 9.17) is 14.6 Å². The molecular formula is C15H28O6. The van der Waals surface area contributed by atoms with E-state index in [0.717, 1.165) is 38.5 Å². The molecule has 0 amide bonds. The van der Waals surface area contributed by atoms with Gasteiger partial charge in [0, 0.05) is 19.4 Å². The average molecular weight is 304 g/mol. The number of aliphatic carboxylic acids is 1. The van der Waals surface area contributed by atoms with Crippen LogP contribution in [0.4, 0.5) is 0 Å². The second kappa shape index (κ2) is 10.1. The molecule has 2 unspecified atom stereocenters. The zero-order valence-electron chi connectivity index (χ0n) is 12.7. The van der Waals surface area contributed by atoms with Gasteiger partial charge in [-0.1, -0.05) is 25.7 Å². The summed E-state index contributed by atoms with van der Waals surface area (Å²) in [6.45, 7) is 2.30. The number of hydrogen-bond donors (Lipinski definition) is 3. The monoisotopic (exact) mass is 304 g/mol. The highest BCUT2D eigenvalue weighted by atomic mass is 16.7. The molecule has 3 N–H and O–H groups in total. The average Bonchev–Trinajstić information content (AvgIpc) is 2.42. The molecule has 6 heteroatoms. The Morgan fingerprint density at radius 2 is 1.71 bits per heavy atom. The highest BCUT2D eigenvalue weighted by Crippen LogP contribution is 2.21. The smallest absolute Gasteiger partial charge is 0.303 e. The molecular weight excluding hydrogens is 276 g/mol. The summed E-state index contributed by atoms with van der Waals surface area (Å²) < 4.78 is 10.9. The molecule has 6 nitrogen and oxygen atoms in total. The molecule has 1 saturated heterocycles. The van der Waals surface area contributed by atoms with Gasteiger partial charge in [0.1, 0.15) is 6.10 Å². The third-order valence-corrected chi connectivity index (χ3v) is 3.75. The fourth-order valence-electron chi connectivity index (χ4n) is 2.38. The van der Waals surface area contributed by atoms with Crippen molar-refractivity contribution in [1.29, 1.82) is 0 Å². The highest BCUT2D eigenvalue weighted by molar-refractivity contribution is 5.66. The number of ether oxygens (including phenoxy) is 2. The summed E-state index contributed by atoms with van der Waals surface area (Å²) in [7, 11) is 0. The third kappa shape index (κ3) is 7.76. The van der Waals surface area contributed by atoms with Gasteiger partial charge < -0.3 is 24.8 Å². The summed E-state index contributed by atoms with van der Waals surface area (Å²) in [4.78, 5) is 10.3. The lowest BCUT2D eigenvalue weighted by Crippen LogP contribution is -2.47. The topological polar surface area (TPSA) is 96.2 Å². The van der Waals surface area contributed by atoms with E-state index in [0.29, 0.717) is 6.61 Å². The fourth-order valence-corrected chi connectivity index (χ4v) is 2.38. The standard InChI is InChI=1S/C15H28O6/c1-11-12(16)10-13(17)15(21-11)20-9-7-5-3-2-4-6-8-14(18)19/h11-13,15-17H,2-10H2,1H3,(H,18,19)/t11?,12-,13+,15?/m1/s1. The Morgan fingerprint density at radius 1 is 1.10 bits per heavy atom. The second-order valence-electron chi connectivity index (χ2n) is 5.72. The van der Waals surface area contributed by atoms with Crippen LogP contribution in [-0.4, -0.2) is 52.5 Å². The van der Waals surface area contributed by atoms with Crippen molar-refractivity contribution in [3.8, 4) is 0 Å². The minimum absolute atomic E-state index is 0.254. The van der Waals surface area contributed by atoms with Gasteiger partial charge in [0.05, 0.1) is 12.2 Å². The zero-order valence-corrected chi connectivity index (χ0v) is 12.7. The van der Waals surface area contributed by atoms with Crippen LogP contribution in [0.2, 0.25) is 0 Å². The first-order valence-electron chi connectivity index (χ1n) is 7.85. The van der Waals surface area contributed by atoms with E-state index < -0.39 is 24.5 Å². The van der Waals surface area contributed by atoms with Crippen LogP contribution in [0.15, 0.2) is 0 Å². The van der Waals surface area contributed by atoms with Gasteiger partial charge in [0.25, 0.3) is 0 Å². The fraction of sp³-hybridized carbons (Fsp3) is 0.933. The summed E-state index contributed by atoms with van der Waals surface area (Å²) in [6, 6.07) is 0. The maximum absolute atomic E-state index is 10.3. The molecule has 0 aromatic heterocycles. The molecule has 0 aromatic carbocycles. The number of aliphatic hydroxyl groups is 2. The normalized spacial score (nSPS) is 29.5. The second-order valence-corrected chi connectivity index (χ2v) is 5.72. The Hall–Kier alpha value is -0.690. The first kappa shape index (κ1) is 18.4. The first-order valence-corrected chi connectivity index (χ1v) is 7.85. The van der Waals surface area contributed by atoms with Crippen molar-refractivity contribution < 1.29 is 29.6 Å². The minimum Gasteiger partial charge on any atom is -0.481 e. The molecule has 1 fully saturated rings. The van der Waals surface area contributed by atoms with Gasteiger partial charge in [-0.2, -0.15) is 0 Å². The summed E-state index contributed by atoms with van der Waals surface area (Å²) in [5, 5.41) is 27.8. The quantitative estimate of drug-likeness (QED) is 0.531. The van der Waals surface area contributed by atoms with Gasteiger partial charge in [0.2, 0.25) is 0 Å². The Labute approximate surface area is 126 Å². The molecule has 4 atom stereocenters. The number of unbranched alkanes of at least 4 members (excludes halogenated alkanes) is 5. The van der Waals surface area contributed by atoms with E-state index in [-0.39, 0.29) is 18.9 Å². The van der Waals surface area contributed by atoms with E-state index in [1.54, 1.807) is 6.92 Å². The Balaban J connectivity index is 1.95. The molecule has 1 rings (SSSR count). The number of hydrogen-bond acceptors (Lipinski definition) is 5. The van der Waals surface area contributed by atoms with Crippen molar-refractivity contribution in [2.45, 2.75) is 82.9 Å². The Kier molecular flexibility index (Phi) is 8.84. The summed E-state index contributed by atoms with van der Waals surface area (Å²) >= 11 is 0. The lowest BCUT2D eigenvalue weighted by atomic mass is 10.0. The van der Waals surface area contributed by atoms with E-state index >= 15 is 0 Å².